The molecule has 0 aliphatic rings. The van der Waals surface area contributed by atoms with Crippen molar-refractivity contribution in [3.8, 4) is 11.8 Å². The molecule has 0 aromatic heterocycles. The van der Waals surface area contributed by atoms with Gasteiger partial charge in [-0.25, -0.2) is 4.39 Å². The van der Waals surface area contributed by atoms with E-state index < -0.39 is 5.82 Å². The molecular weight excluding hydrogens is 213 g/mol. The fraction of sp³-hybridized carbons (Fsp3) is 0.182. The first-order valence-electron chi connectivity index (χ1n) is 4.36. The monoisotopic (exact) mass is 223 g/mol. The average molecular weight is 223 g/mol. The van der Waals surface area contributed by atoms with Crippen LogP contribution in [0.15, 0.2) is 30.4 Å². The highest BCUT2D eigenvalue weighted by atomic mass is 32.1. The molecule has 0 bridgehead atoms. The van der Waals surface area contributed by atoms with Gasteiger partial charge < -0.3 is 4.74 Å². The molecule has 0 fully saturated rings. The second kappa shape index (κ2) is 6.10. The Hall–Kier alpha value is -1.47. The highest BCUT2D eigenvalue weighted by Gasteiger charge is 2.02. The lowest BCUT2D eigenvalue weighted by Gasteiger charge is -2.03. The molecule has 0 spiro atoms. The van der Waals surface area contributed by atoms with Crippen molar-refractivity contribution in [2.45, 2.75) is 0 Å². The maximum absolute atomic E-state index is 13.1. The van der Waals surface area contributed by atoms with Gasteiger partial charge in [-0.05, 0) is 12.1 Å². The van der Waals surface area contributed by atoms with E-state index in [1.165, 1.54) is 12.1 Å². The molecule has 0 saturated heterocycles. The first kappa shape index (κ1) is 11.6. The third-order valence-corrected chi connectivity index (χ3v) is 1.89. The first-order chi connectivity index (χ1) is 7.27. The van der Waals surface area contributed by atoms with E-state index in [1.54, 1.807) is 18.2 Å². The third-order valence-electron chi connectivity index (χ3n) is 1.68. The van der Waals surface area contributed by atoms with E-state index in [4.69, 9.17) is 10.00 Å². The smallest absolute Gasteiger partial charge is 0.144 e. The van der Waals surface area contributed by atoms with Crippen LogP contribution in [0.3, 0.4) is 0 Å². The molecule has 1 aromatic rings. The molecule has 0 atom stereocenters. The third kappa shape index (κ3) is 3.64. The summed E-state index contributed by atoms with van der Waals surface area (Å²) in [5.41, 5.74) is 0.0215. The maximum Gasteiger partial charge on any atom is 0.144 e. The highest BCUT2D eigenvalue weighted by molar-refractivity contribution is 7.80. The van der Waals surface area contributed by atoms with Crippen molar-refractivity contribution in [2.75, 3.05) is 12.4 Å². The first-order valence-corrected chi connectivity index (χ1v) is 4.99. The van der Waals surface area contributed by atoms with Gasteiger partial charge in [-0.1, -0.05) is 12.2 Å². The van der Waals surface area contributed by atoms with Crippen molar-refractivity contribution < 1.29 is 9.13 Å². The largest absolute Gasteiger partial charge is 0.489 e. The second-order valence-corrected chi connectivity index (χ2v) is 3.08. The summed E-state index contributed by atoms with van der Waals surface area (Å²) in [4.78, 5) is 0. The Morgan fingerprint density at radius 3 is 2.87 bits per heavy atom. The van der Waals surface area contributed by atoms with Crippen LogP contribution in [0.25, 0.3) is 0 Å². The molecule has 0 unspecified atom stereocenters. The number of hydrogen-bond donors (Lipinski definition) is 1. The van der Waals surface area contributed by atoms with Gasteiger partial charge in [0.05, 0.1) is 5.56 Å². The lowest BCUT2D eigenvalue weighted by Crippen LogP contribution is -1.94. The van der Waals surface area contributed by atoms with Crippen molar-refractivity contribution in [1.29, 1.82) is 5.26 Å². The van der Waals surface area contributed by atoms with Gasteiger partial charge in [-0.15, -0.1) is 0 Å². The Labute approximate surface area is 93.4 Å². The van der Waals surface area contributed by atoms with Gasteiger partial charge in [0.15, 0.2) is 0 Å². The standard InChI is InChI=1S/C11H10FNOS/c12-11-7-10(4-3-9(11)8-13)14-5-1-2-6-15/h1-4,7,15H,5-6H2. The molecule has 15 heavy (non-hydrogen) atoms. The number of benzene rings is 1. The quantitative estimate of drug-likeness (QED) is 0.628. The summed E-state index contributed by atoms with van der Waals surface area (Å²) in [6.45, 7) is 0.367. The fourth-order valence-corrected chi connectivity index (χ4v) is 1.11. The molecular formula is C11H10FNOS. The van der Waals surface area contributed by atoms with Crippen molar-refractivity contribution >= 4 is 12.6 Å². The van der Waals surface area contributed by atoms with E-state index in [-0.39, 0.29) is 5.56 Å². The maximum atomic E-state index is 13.1. The SMILES string of the molecule is N#Cc1ccc(OCC=CCS)cc1F. The summed E-state index contributed by atoms with van der Waals surface area (Å²) in [6, 6.07) is 5.91. The fourth-order valence-electron chi connectivity index (χ4n) is 0.963. The zero-order valence-electron chi connectivity index (χ0n) is 7.98. The topological polar surface area (TPSA) is 33.0 Å². The van der Waals surface area contributed by atoms with Gasteiger partial charge in [0, 0.05) is 11.8 Å². The molecule has 78 valence electrons. The summed E-state index contributed by atoms with van der Waals surface area (Å²) in [5, 5.41) is 8.50. The van der Waals surface area contributed by atoms with Gasteiger partial charge in [0.25, 0.3) is 0 Å². The van der Waals surface area contributed by atoms with Crippen LogP contribution in [-0.4, -0.2) is 12.4 Å². The molecule has 0 heterocycles. The second-order valence-electron chi connectivity index (χ2n) is 2.72. The summed E-state index contributed by atoms with van der Waals surface area (Å²) in [6.07, 6.45) is 3.63. The molecule has 0 radical (unpaired) electrons. The minimum absolute atomic E-state index is 0.0215. The lowest BCUT2D eigenvalue weighted by molar-refractivity contribution is 0.360. The Kier molecular flexibility index (Phi) is 4.72. The van der Waals surface area contributed by atoms with Crippen LogP contribution in [0.2, 0.25) is 0 Å². The van der Waals surface area contributed by atoms with Gasteiger partial charge in [-0.2, -0.15) is 17.9 Å². The number of halogens is 1. The molecule has 4 heteroatoms. The minimum atomic E-state index is -0.562. The molecule has 1 rings (SSSR count). The van der Waals surface area contributed by atoms with E-state index in [0.717, 1.165) is 0 Å². The molecule has 0 N–H and O–H groups in total. The number of nitriles is 1. The van der Waals surface area contributed by atoms with Crippen LogP contribution in [0, 0.1) is 17.1 Å². The van der Waals surface area contributed by atoms with Crippen LogP contribution in [0.4, 0.5) is 4.39 Å². The predicted molar refractivity (Wildman–Crippen MR) is 59.6 cm³/mol. The van der Waals surface area contributed by atoms with Crippen LogP contribution >= 0.6 is 12.6 Å². The van der Waals surface area contributed by atoms with Crippen molar-refractivity contribution in [1.82, 2.24) is 0 Å². The molecule has 1 aromatic carbocycles. The number of ether oxygens (including phenoxy) is 1. The molecule has 0 aliphatic heterocycles. The molecule has 0 saturated carbocycles. The van der Waals surface area contributed by atoms with Gasteiger partial charge >= 0.3 is 0 Å². The summed E-state index contributed by atoms with van der Waals surface area (Å²) < 4.78 is 18.3. The number of rotatable bonds is 4. The summed E-state index contributed by atoms with van der Waals surface area (Å²) >= 11 is 3.98. The number of thiol groups is 1. The Bertz CT molecular complexity index is 398. The van der Waals surface area contributed by atoms with Gasteiger partial charge in [0.2, 0.25) is 0 Å². The Balaban J connectivity index is 2.60. The van der Waals surface area contributed by atoms with Crippen LogP contribution < -0.4 is 4.74 Å². The summed E-state index contributed by atoms with van der Waals surface area (Å²) in [7, 11) is 0. The predicted octanol–water partition coefficient (Wildman–Crippen LogP) is 2.56. The number of hydrogen-bond acceptors (Lipinski definition) is 3. The van der Waals surface area contributed by atoms with E-state index in [2.05, 4.69) is 12.6 Å². The van der Waals surface area contributed by atoms with Gasteiger partial charge in [-0.3, -0.25) is 0 Å². The van der Waals surface area contributed by atoms with Crippen LogP contribution in [-0.2, 0) is 0 Å². The van der Waals surface area contributed by atoms with Gasteiger partial charge in [0.1, 0.15) is 24.2 Å². The molecule has 0 amide bonds. The summed E-state index contributed by atoms with van der Waals surface area (Å²) in [5.74, 6) is 0.494. The van der Waals surface area contributed by atoms with Crippen molar-refractivity contribution in [3.05, 3.63) is 41.7 Å². The highest BCUT2D eigenvalue weighted by Crippen LogP contribution is 2.15. The normalized spacial score (nSPS) is 10.2. The number of nitrogens with zero attached hydrogens (tertiary/aromatic N) is 1. The zero-order chi connectivity index (χ0) is 11.1. The van der Waals surface area contributed by atoms with E-state index in [1.807, 2.05) is 6.08 Å². The van der Waals surface area contributed by atoms with Crippen molar-refractivity contribution in [3.63, 3.8) is 0 Å². The Morgan fingerprint density at radius 1 is 1.47 bits per heavy atom. The van der Waals surface area contributed by atoms with E-state index in [9.17, 15) is 4.39 Å². The Morgan fingerprint density at radius 2 is 2.27 bits per heavy atom. The average Bonchev–Trinajstić information content (AvgIpc) is 2.25. The van der Waals surface area contributed by atoms with E-state index in [0.29, 0.717) is 18.1 Å². The van der Waals surface area contributed by atoms with Crippen LogP contribution in [0.1, 0.15) is 5.56 Å². The van der Waals surface area contributed by atoms with Crippen molar-refractivity contribution in [2.24, 2.45) is 0 Å². The lowest BCUT2D eigenvalue weighted by atomic mass is 10.2. The van der Waals surface area contributed by atoms with E-state index >= 15 is 0 Å². The molecule has 0 aliphatic carbocycles. The zero-order valence-corrected chi connectivity index (χ0v) is 8.88. The van der Waals surface area contributed by atoms with Crippen LogP contribution in [0.5, 0.6) is 5.75 Å². The minimum Gasteiger partial charge on any atom is -0.489 e. The molecule has 2 nitrogen and oxygen atoms in total.